The quantitative estimate of drug-likeness (QED) is 0.523. The van der Waals surface area contributed by atoms with Crippen LogP contribution < -0.4 is 11.1 Å². The van der Waals surface area contributed by atoms with Crippen molar-refractivity contribution in [2.45, 2.75) is 13.5 Å². The molecular weight excluding hydrogens is 392 g/mol. The highest BCUT2D eigenvalue weighted by molar-refractivity contribution is 6.13. The summed E-state index contributed by atoms with van der Waals surface area (Å²) in [6.45, 7) is 2.23. The fraction of sp³-hybridized carbons (Fsp3) is 0.0870. The van der Waals surface area contributed by atoms with Gasteiger partial charge in [-0.2, -0.15) is 10.4 Å². The Hall–Kier alpha value is -4.51. The first-order valence-electron chi connectivity index (χ1n) is 9.49. The number of carbonyl (C=O) groups is 2. The number of amides is 2. The van der Waals surface area contributed by atoms with Crippen LogP contribution in [-0.2, 0) is 6.54 Å². The minimum atomic E-state index is -0.708. The lowest BCUT2D eigenvalue weighted by atomic mass is 10.1. The third kappa shape index (κ3) is 3.84. The molecule has 0 fully saturated rings. The van der Waals surface area contributed by atoms with Gasteiger partial charge in [0.05, 0.1) is 46.8 Å². The van der Waals surface area contributed by atoms with Crippen LogP contribution >= 0.6 is 0 Å². The number of aromatic nitrogens is 3. The fourth-order valence-corrected chi connectivity index (χ4v) is 3.34. The van der Waals surface area contributed by atoms with Crippen LogP contribution in [-0.4, -0.2) is 26.6 Å². The molecule has 0 saturated heterocycles. The highest BCUT2D eigenvalue weighted by Crippen LogP contribution is 2.22. The molecule has 31 heavy (non-hydrogen) atoms. The molecule has 0 aliphatic rings. The van der Waals surface area contributed by atoms with Crippen molar-refractivity contribution in [2.24, 2.45) is 5.73 Å². The average molecular weight is 410 g/mol. The third-order valence-electron chi connectivity index (χ3n) is 5.02. The molecule has 0 spiro atoms. The predicted octanol–water partition coefficient (Wildman–Crippen LogP) is 3.01. The van der Waals surface area contributed by atoms with Gasteiger partial charge in [-0.1, -0.05) is 36.4 Å². The van der Waals surface area contributed by atoms with Gasteiger partial charge in [-0.3, -0.25) is 14.3 Å². The van der Waals surface area contributed by atoms with Crippen LogP contribution in [0.3, 0.4) is 0 Å². The zero-order chi connectivity index (χ0) is 22.0. The van der Waals surface area contributed by atoms with Gasteiger partial charge in [-0.05, 0) is 30.7 Å². The van der Waals surface area contributed by atoms with Crippen molar-refractivity contribution in [1.29, 1.82) is 5.26 Å². The Kier molecular flexibility index (Phi) is 5.16. The Morgan fingerprint density at radius 2 is 1.90 bits per heavy atom. The van der Waals surface area contributed by atoms with Gasteiger partial charge in [0, 0.05) is 5.39 Å². The van der Waals surface area contributed by atoms with E-state index in [4.69, 9.17) is 5.73 Å². The molecule has 2 amide bonds. The minimum absolute atomic E-state index is 0.0179. The monoisotopic (exact) mass is 410 g/mol. The summed E-state index contributed by atoms with van der Waals surface area (Å²) in [4.78, 5) is 28.9. The van der Waals surface area contributed by atoms with Gasteiger partial charge in [-0.25, -0.2) is 4.98 Å². The van der Waals surface area contributed by atoms with Gasteiger partial charge < -0.3 is 11.1 Å². The average Bonchev–Trinajstić information content (AvgIpc) is 3.12. The molecule has 8 heteroatoms. The van der Waals surface area contributed by atoms with E-state index >= 15 is 0 Å². The lowest BCUT2D eigenvalue weighted by Crippen LogP contribution is -2.18. The van der Waals surface area contributed by atoms with E-state index < -0.39 is 11.8 Å². The summed E-state index contributed by atoms with van der Waals surface area (Å²) in [6.07, 6.45) is 1.56. The summed E-state index contributed by atoms with van der Waals surface area (Å²) in [6, 6.07) is 17.9. The zero-order valence-corrected chi connectivity index (χ0v) is 16.7. The number of carbonyl (C=O) groups excluding carboxylic acids is 2. The Bertz CT molecular complexity index is 1370. The molecule has 2 heterocycles. The summed E-state index contributed by atoms with van der Waals surface area (Å²) in [5, 5.41) is 17.1. The number of benzene rings is 2. The van der Waals surface area contributed by atoms with Gasteiger partial charge in [0.2, 0.25) is 0 Å². The molecule has 152 valence electrons. The van der Waals surface area contributed by atoms with Crippen LogP contribution in [0.2, 0.25) is 0 Å². The number of nitrogens with one attached hydrogen (secondary N) is 1. The zero-order valence-electron chi connectivity index (χ0n) is 16.7. The molecule has 0 aliphatic heterocycles. The Labute approximate surface area is 177 Å². The maximum atomic E-state index is 13.1. The number of nitrogens with zero attached hydrogens (tertiary/aromatic N) is 4. The van der Waals surface area contributed by atoms with Crippen molar-refractivity contribution in [3.8, 4) is 6.07 Å². The number of para-hydroxylation sites is 1. The lowest BCUT2D eigenvalue weighted by molar-refractivity contribution is 0.0996. The number of primary amides is 1. The number of rotatable bonds is 5. The molecule has 0 aliphatic carbocycles. The summed E-state index contributed by atoms with van der Waals surface area (Å²) in [7, 11) is 0. The highest BCUT2D eigenvalue weighted by Gasteiger charge is 2.17. The Morgan fingerprint density at radius 3 is 2.68 bits per heavy atom. The summed E-state index contributed by atoms with van der Waals surface area (Å²) >= 11 is 0. The Morgan fingerprint density at radius 1 is 1.16 bits per heavy atom. The molecule has 4 aromatic rings. The molecule has 2 aromatic carbocycles. The van der Waals surface area contributed by atoms with Crippen LogP contribution in [0.1, 0.15) is 37.7 Å². The first-order valence-corrected chi connectivity index (χ1v) is 9.49. The molecular formula is C23H18N6O2. The van der Waals surface area contributed by atoms with Crippen LogP contribution in [0.4, 0.5) is 5.69 Å². The predicted molar refractivity (Wildman–Crippen MR) is 115 cm³/mol. The molecule has 2 aromatic heterocycles. The number of hydrogen-bond acceptors (Lipinski definition) is 5. The number of nitrogens with two attached hydrogens (primary N) is 1. The van der Waals surface area contributed by atoms with Crippen LogP contribution in [0.25, 0.3) is 10.9 Å². The maximum Gasteiger partial charge on any atom is 0.267 e. The van der Waals surface area contributed by atoms with Crippen molar-refractivity contribution < 1.29 is 9.59 Å². The maximum absolute atomic E-state index is 13.1. The van der Waals surface area contributed by atoms with Crippen molar-refractivity contribution in [3.05, 3.63) is 88.9 Å². The summed E-state index contributed by atoms with van der Waals surface area (Å²) in [5.41, 5.74) is 8.86. The van der Waals surface area contributed by atoms with E-state index in [1.165, 1.54) is 6.07 Å². The molecule has 0 unspecified atom stereocenters. The second-order valence-corrected chi connectivity index (χ2v) is 6.96. The number of hydrogen-bond donors (Lipinski definition) is 2. The van der Waals surface area contributed by atoms with Crippen molar-refractivity contribution in [3.63, 3.8) is 0 Å². The molecule has 3 N–H and O–H groups in total. The van der Waals surface area contributed by atoms with Crippen LogP contribution in [0.15, 0.2) is 60.8 Å². The van der Waals surface area contributed by atoms with Crippen molar-refractivity contribution in [2.75, 3.05) is 5.32 Å². The van der Waals surface area contributed by atoms with Gasteiger partial charge in [0.1, 0.15) is 5.69 Å². The summed E-state index contributed by atoms with van der Waals surface area (Å²) < 4.78 is 1.71. The largest absolute Gasteiger partial charge is 0.364 e. The highest BCUT2D eigenvalue weighted by atomic mass is 16.2. The van der Waals surface area contributed by atoms with Gasteiger partial charge >= 0.3 is 0 Å². The molecule has 0 radical (unpaired) electrons. The Balaban J connectivity index is 1.65. The molecule has 0 bridgehead atoms. The van der Waals surface area contributed by atoms with E-state index in [1.54, 1.807) is 41.2 Å². The fourth-order valence-electron chi connectivity index (χ4n) is 3.34. The normalized spacial score (nSPS) is 10.6. The van der Waals surface area contributed by atoms with Crippen molar-refractivity contribution >= 4 is 28.4 Å². The van der Waals surface area contributed by atoms with Gasteiger partial charge in [0.25, 0.3) is 11.8 Å². The second kappa shape index (κ2) is 8.08. The first kappa shape index (κ1) is 19.8. The van der Waals surface area contributed by atoms with E-state index in [1.807, 2.05) is 25.1 Å². The van der Waals surface area contributed by atoms with Crippen LogP contribution in [0.5, 0.6) is 0 Å². The number of anilines is 1. The van der Waals surface area contributed by atoms with Crippen molar-refractivity contribution in [1.82, 2.24) is 14.8 Å². The second-order valence-electron chi connectivity index (χ2n) is 6.96. The number of pyridine rings is 1. The van der Waals surface area contributed by atoms with E-state index in [-0.39, 0.29) is 5.69 Å². The standard InChI is InChI=1S/C23H18N6O2/c1-14-21(12-26-29(14)13-16-7-3-2-6-15(16)11-24)28-23(31)18-10-20(22(25)30)27-19-9-5-4-8-17(18)19/h2-10,12H,13H2,1H3,(H2,25,30)(H,28,31). The SMILES string of the molecule is Cc1c(NC(=O)c2cc(C(N)=O)nc3ccccc23)cnn1Cc1ccccc1C#N. The molecule has 8 nitrogen and oxygen atoms in total. The molecule has 4 rings (SSSR count). The minimum Gasteiger partial charge on any atom is -0.364 e. The summed E-state index contributed by atoms with van der Waals surface area (Å²) in [5.74, 6) is -1.11. The topological polar surface area (TPSA) is 127 Å². The third-order valence-corrected chi connectivity index (χ3v) is 5.02. The van der Waals surface area contributed by atoms with E-state index in [0.717, 1.165) is 11.3 Å². The van der Waals surface area contributed by atoms with Gasteiger partial charge in [0.15, 0.2) is 0 Å². The van der Waals surface area contributed by atoms with E-state index in [9.17, 15) is 14.9 Å². The smallest absolute Gasteiger partial charge is 0.267 e. The van der Waals surface area contributed by atoms with E-state index in [2.05, 4.69) is 21.5 Å². The number of nitriles is 1. The molecule has 0 atom stereocenters. The molecule has 0 saturated carbocycles. The van der Waals surface area contributed by atoms with E-state index in [0.29, 0.717) is 34.3 Å². The first-order chi connectivity index (χ1) is 15.0. The lowest BCUT2D eigenvalue weighted by Gasteiger charge is -2.10. The van der Waals surface area contributed by atoms with Crippen LogP contribution in [0, 0.1) is 18.3 Å². The van der Waals surface area contributed by atoms with Gasteiger partial charge in [-0.15, -0.1) is 0 Å². The number of fused-ring (bicyclic) bond motifs is 1.